The van der Waals surface area contributed by atoms with Gasteiger partial charge in [-0.2, -0.15) is 38.0 Å². The monoisotopic (exact) mass is 961 g/mol. The molecule has 1 fully saturated rings. The van der Waals surface area contributed by atoms with E-state index in [9.17, 15) is 48.8 Å². The van der Waals surface area contributed by atoms with Crippen LogP contribution in [-0.4, -0.2) is 127 Å². The maximum absolute atomic E-state index is 15.4. The Kier molecular flexibility index (Phi) is 10.9. The van der Waals surface area contributed by atoms with Crippen molar-refractivity contribution in [2.45, 2.75) is 56.1 Å². The van der Waals surface area contributed by atoms with Crippen LogP contribution < -0.4 is 16.0 Å². The van der Waals surface area contributed by atoms with E-state index in [0.29, 0.717) is 29.1 Å². The normalized spacial score (nSPS) is 34.8. The number of unbranched alkanes of at least 4 members (excludes halogenated alkanes) is 2. The second-order valence-electron chi connectivity index (χ2n) is 16.4. The van der Waals surface area contributed by atoms with Gasteiger partial charge in [0.1, 0.15) is 56.9 Å². The second-order valence-corrected chi connectivity index (χ2v) is 22.5. The van der Waals surface area contributed by atoms with Crippen LogP contribution in [0.25, 0.3) is 0 Å². The molecule has 7 N–H and O–H groups in total. The molecule has 0 aromatic carbocycles. The van der Waals surface area contributed by atoms with Crippen LogP contribution in [0.2, 0.25) is 0 Å². The lowest BCUT2D eigenvalue weighted by atomic mass is 9.85. The first-order valence-corrected chi connectivity index (χ1v) is 26.0. The number of rotatable bonds is 9. The van der Waals surface area contributed by atoms with Crippen LogP contribution in [0, 0.1) is 41.4 Å². The topological polar surface area (TPSA) is 327 Å². The highest BCUT2D eigenvalue weighted by molar-refractivity contribution is 7.95. The predicted octanol–water partition coefficient (Wildman–Crippen LogP) is 1.31. The van der Waals surface area contributed by atoms with Gasteiger partial charge in [-0.25, -0.2) is 24.8 Å². The minimum Gasteiger partial charge on any atom is -0.464 e. The molecule has 0 radical (unpaired) electrons. The van der Waals surface area contributed by atoms with Gasteiger partial charge >= 0.3 is 16.3 Å². The Bertz CT molecular complexity index is 2910. The lowest BCUT2D eigenvalue weighted by Gasteiger charge is -2.39. The van der Waals surface area contributed by atoms with E-state index in [-0.39, 0.29) is 34.2 Å². The minimum atomic E-state index is -5.94. The highest BCUT2D eigenvalue weighted by Crippen LogP contribution is 2.48. The predicted molar refractivity (Wildman–Crippen MR) is 232 cm³/mol. The Balaban J connectivity index is 1.34. The van der Waals surface area contributed by atoms with Crippen LogP contribution in [0.15, 0.2) is 114 Å². The molecule has 12 unspecified atom stereocenters. The summed E-state index contributed by atoms with van der Waals surface area (Å²) >= 11 is 0. The van der Waals surface area contributed by atoms with Crippen LogP contribution in [0.4, 0.5) is 4.79 Å². The van der Waals surface area contributed by atoms with Gasteiger partial charge in [0.25, 0.3) is 30.4 Å². The molecule has 12 atom stereocenters. The number of amidine groups is 4. The summed E-state index contributed by atoms with van der Waals surface area (Å²) in [6, 6.07) is 0. The van der Waals surface area contributed by atoms with Crippen molar-refractivity contribution in [3.8, 4) is 0 Å². The molecule has 5 aliphatic heterocycles. The molecule has 1 amide bonds. The van der Waals surface area contributed by atoms with Crippen LogP contribution in [0.1, 0.15) is 26.2 Å². The fourth-order valence-corrected chi connectivity index (χ4v) is 15.4. The first kappa shape index (κ1) is 44.1. The Hall–Kier alpha value is -5.09. The molecular formula is C38H43N9O13S4. The first-order chi connectivity index (χ1) is 30.2. The fraction of sp³-hybridized carbons (Fsp3) is 0.447. The molecule has 342 valence electrons. The number of carboxylic acid groups (broad SMARTS) is 1. The van der Waals surface area contributed by atoms with Gasteiger partial charge < -0.3 is 21.1 Å². The number of allylic oxidation sites excluding steroid dienone is 7. The highest BCUT2D eigenvalue weighted by atomic mass is 32.2. The first-order valence-electron chi connectivity index (χ1n) is 20.3. The van der Waals surface area contributed by atoms with E-state index in [1.807, 2.05) is 37.3 Å². The van der Waals surface area contributed by atoms with Crippen molar-refractivity contribution < 1.29 is 57.2 Å². The van der Waals surface area contributed by atoms with Gasteiger partial charge in [0, 0.05) is 42.1 Å². The van der Waals surface area contributed by atoms with Gasteiger partial charge in [-0.3, -0.25) is 13.7 Å². The van der Waals surface area contributed by atoms with E-state index in [4.69, 9.17) is 15.0 Å². The van der Waals surface area contributed by atoms with Crippen LogP contribution in [-0.2, 0) is 40.6 Å². The number of aliphatic imine (C=N–C) groups is 4. The van der Waals surface area contributed by atoms with E-state index < -0.39 is 134 Å². The third kappa shape index (κ3) is 7.41. The maximum atomic E-state index is 15.4. The molecule has 64 heavy (non-hydrogen) atoms. The van der Waals surface area contributed by atoms with Crippen molar-refractivity contribution in [2.24, 2.45) is 61.4 Å². The van der Waals surface area contributed by atoms with E-state index in [0.717, 1.165) is 0 Å². The SMILES string of the molecule is CCCCCN(C(=O)O)S(=O)(=O)N1C2N=C(NC3=NC(NC4=NC(N=C5NC1C1C=CC=CC51)C1C=CC=CC41)C1C=CC=CC31)C1C2=CC(S(=O)(=O)O)=C(S(=O)(=O)O)C1S(=O)(=O)O. The van der Waals surface area contributed by atoms with E-state index in [2.05, 4.69) is 20.9 Å². The molecule has 9 rings (SSSR count). The fourth-order valence-electron chi connectivity index (χ4n) is 9.89. The molecular weight excluding hydrogens is 919 g/mol. The summed E-state index contributed by atoms with van der Waals surface area (Å²) in [5, 5.41) is 17.2. The number of nitrogens with one attached hydrogen (secondary N) is 3. The van der Waals surface area contributed by atoms with Crippen molar-refractivity contribution in [1.82, 2.24) is 24.6 Å². The van der Waals surface area contributed by atoms with Gasteiger partial charge in [0.05, 0.1) is 5.92 Å². The molecule has 0 aromatic heterocycles. The Morgan fingerprint density at radius 1 is 0.703 bits per heavy atom. The molecule has 0 aromatic rings. The number of carbonyl (C=O) groups is 1. The van der Waals surface area contributed by atoms with E-state index in [1.54, 1.807) is 42.5 Å². The smallest absolute Gasteiger partial charge is 0.422 e. The Morgan fingerprint density at radius 3 is 1.88 bits per heavy atom. The standard InChI is InChI=1S/C38H43N9O13S4/c1-2-3-10-17-46(38(48)49)64(59,60)47-36-24-16-9-8-15-23(24)34(44-36)42-32-20-12-5-4-11-19(20)30(40-32)39-31-21-13-6-7-14-22(21)33(41-31)43-35-27-25(37(47)45-35)18-26(61(50,51)52)28(62(53,54)55)29(27)63(56,57)58/h4-9,11-16,18-24,27,29,31-32,36-37H,2-3,10,17H2,1H3,(H,39,40)(H,42,44)(H,48,49)(H,41,43,45)(H,50,51,52)(H,53,54,55)(H,56,57,58). The Labute approximate surface area is 368 Å². The summed E-state index contributed by atoms with van der Waals surface area (Å²) in [6.45, 7) is 1.26. The highest BCUT2D eigenvalue weighted by Gasteiger charge is 2.60. The molecule has 26 heteroatoms. The average Bonchev–Trinajstić information content (AvgIpc) is 3.96. The summed E-state index contributed by atoms with van der Waals surface area (Å²) in [5.74, 6) is -5.11. The number of fused-ring (bicyclic) bond motifs is 17. The van der Waals surface area contributed by atoms with Gasteiger partial charge in [0.2, 0.25) is 0 Å². The summed E-state index contributed by atoms with van der Waals surface area (Å²) in [6.07, 6.45) is 15.9. The van der Waals surface area contributed by atoms with Crippen molar-refractivity contribution in [3.05, 3.63) is 94.4 Å². The second kappa shape index (κ2) is 15.8. The summed E-state index contributed by atoms with van der Waals surface area (Å²) < 4.78 is 143. The van der Waals surface area contributed by atoms with Crippen LogP contribution in [0.5, 0.6) is 0 Å². The molecule has 9 aliphatic rings. The number of nitrogens with zero attached hydrogens (tertiary/aromatic N) is 6. The summed E-state index contributed by atoms with van der Waals surface area (Å²) in [7, 11) is -23.0. The third-order valence-electron chi connectivity index (χ3n) is 12.7. The number of hydrogen-bond donors (Lipinski definition) is 7. The minimum absolute atomic E-state index is 0.0751. The molecule has 5 heterocycles. The van der Waals surface area contributed by atoms with Gasteiger partial charge in [0.15, 0.2) is 6.17 Å². The van der Waals surface area contributed by atoms with Crippen molar-refractivity contribution >= 4 is 70.0 Å². The zero-order chi connectivity index (χ0) is 45.7. The lowest BCUT2D eigenvalue weighted by Crippen LogP contribution is -2.59. The Morgan fingerprint density at radius 2 is 1.28 bits per heavy atom. The largest absolute Gasteiger partial charge is 0.464 e. The van der Waals surface area contributed by atoms with Crippen LogP contribution in [0.3, 0.4) is 0 Å². The molecule has 22 nitrogen and oxygen atoms in total. The molecule has 8 bridgehead atoms. The van der Waals surface area contributed by atoms with Gasteiger partial charge in [-0.05, 0) is 18.1 Å². The maximum Gasteiger partial charge on any atom is 0.422 e. The van der Waals surface area contributed by atoms with Crippen molar-refractivity contribution in [3.63, 3.8) is 0 Å². The average molecular weight is 962 g/mol. The number of amides is 1. The van der Waals surface area contributed by atoms with Crippen molar-refractivity contribution in [1.29, 1.82) is 0 Å². The van der Waals surface area contributed by atoms with Crippen LogP contribution >= 0.6 is 0 Å². The molecule has 1 saturated heterocycles. The quantitative estimate of drug-likeness (QED) is 0.127. The molecule has 0 spiro atoms. The third-order valence-corrected chi connectivity index (χ3v) is 17.9. The molecule has 4 aliphatic carbocycles. The number of hydrogen-bond acceptors (Lipinski definition) is 16. The van der Waals surface area contributed by atoms with E-state index >= 15 is 8.42 Å². The lowest BCUT2D eigenvalue weighted by molar-refractivity contribution is 0.161. The van der Waals surface area contributed by atoms with Gasteiger partial charge in [-0.15, -0.1) is 4.31 Å². The van der Waals surface area contributed by atoms with Gasteiger partial charge in [-0.1, -0.05) is 92.7 Å². The van der Waals surface area contributed by atoms with E-state index in [1.165, 1.54) is 0 Å². The summed E-state index contributed by atoms with van der Waals surface area (Å²) in [5.41, 5.74) is -0.633. The molecule has 0 saturated carbocycles. The zero-order valence-electron chi connectivity index (χ0n) is 33.5. The van der Waals surface area contributed by atoms with Crippen molar-refractivity contribution in [2.75, 3.05) is 6.54 Å². The summed E-state index contributed by atoms with van der Waals surface area (Å²) in [4.78, 5) is 29.2. The zero-order valence-corrected chi connectivity index (χ0v) is 36.8.